The number of nitrogens with zero attached hydrogens (tertiary/aromatic N) is 1. The first-order valence-electron chi connectivity index (χ1n) is 6.19. The highest BCUT2D eigenvalue weighted by molar-refractivity contribution is 5.41. The first kappa shape index (κ1) is 13.1. The summed E-state index contributed by atoms with van der Waals surface area (Å²) in [5, 5.41) is 12.7. The van der Waals surface area contributed by atoms with E-state index in [0.29, 0.717) is 5.75 Å². The van der Waals surface area contributed by atoms with Crippen LogP contribution in [0.25, 0.3) is 0 Å². The number of phenols is 1. The topological polar surface area (TPSA) is 44.7 Å². The molecule has 1 fully saturated rings. The summed E-state index contributed by atoms with van der Waals surface area (Å²) in [6.45, 7) is 4.95. The summed E-state index contributed by atoms with van der Waals surface area (Å²) in [6, 6.07) is 2.69. The number of ether oxygens (including phenoxy) is 1. The van der Waals surface area contributed by atoms with Gasteiger partial charge in [-0.25, -0.2) is 4.39 Å². The quantitative estimate of drug-likeness (QED) is 0.841. The van der Waals surface area contributed by atoms with Crippen LogP contribution in [0.1, 0.15) is 5.56 Å². The minimum Gasteiger partial charge on any atom is -0.505 e. The molecule has 0 atom stereocenters. The molecule has 2 rings (SSSR count). The third-order valence-corrected chi connectivity index (χ3v) is 3.26. The molecule has 0 saturated carbocycles. The second kappa shape index (κ2) is 6.02. The largest absolute Gasteiger partial charge is 0.505 e. The summed E-state index contributed by atoms with van der Waals surface area (Å²) >= 11 is 0. The number of nitrogens with one attached hydrogen (secondary N) is 1. The van der Waals surface area contributed by atoms with Gasteiger partial charge in [0, 0.05) is 38.8 Å². The predicted molar refractivity (Wildman–Crippen MR) is 67.6 cm³/mol. The third-order valence-electron chi connectivity index (χ3n) is 3.26. The Morgan fingerprint density at radius 1 is 1.39 bits per heavy atom. The maximum Gasteiger partial charge on any atom is 0.168 e. The fraction of sp³-hybridized carbons (Fsp3) is 0.538. The van der Waals surface area contributed by atoms with E-state index in [1.54, 1.807) is 0 Å². The second-order valence-electron chi connectivity index (χ2n) is 4.46. The molecule has 1 saturated heterocycles. The van der Waals surface area contributed by atoms with Crippen LogP contribution in [-0.2, 0) is 6.42 Å². The maximum absolute atomic E-state index is 13.2. The lowest BCUT2D eigenvalue weighted by Gasteiger charge is -2.27. The van der Waals surface area contributed by atoms with Crippen LogP contribution >= 0.6 is 0 Å². The Morgan fingerprint density at radius 3 is 2.78 bits per heavy atom. The lowest BCUT2D eigenvalue weighted by molar-refractivity contribution is 0.243. The molecule has 0 bridgehead atoms. The van der Waals surface area contributed by atoms with Crippen molar-refractivity contribution in [3.05, 3.63) is 23.5 Å². The molecule has 5 heteroatoms. The molecule has 0 unspecified atom stereocenters. The summed E-state index contributed by atoms with van der Waals surface area (Å²) in [5.74, 6) is -0.454. The molecule has 100 valence electrons. The third kappa shape index (κ3) is 3.11. The van der Waals surface area contributed by atoms with Gasteiger partial charge in [0.1, 0.15) is 5.75 Å². The van der Waals surface area contributed by atoms with Gasteiger partial charge in [-0.1, -0.05) is 0 Å². The molecule has 1 aromatic rings. The van der Waals surface area contributed by atoms with Crippen LogP contribution in [0, 0.1) is 5.82 Å². The Morgan fingerprint density at radius 2 is 2.11 bits per heavy atom. The molecule has 18 heavy (non-hydrogen) atoms. The Labute approximate surface area is 106 Å². The van der Waals surface area contributed by atoms with Crippen molar-refractivity contribution >= 4 is 0 Å². The number of hydrogen-bond donors (Lipinski definition) is 2. The highest BCUT2D eigenvalue weighted by Gasteiger charge is 2.13. The van der Waals surface area contributed by atoms with E-state index in [4.69, 9.17) is 4.74 Å². The van der Waals surface area contributed by atoms with Crippen LogP contribution < -0.4 is 10.1 Å². The summed E-state index contributed by atoms with van der Waals surface area (Å²) in [4.78, 5) is 2.34. The zero-order valence-corrected chi connectivity index (χ0v) is 10.6. The summed E-state index contributed by atoms with van der Waals surface area (Å²) in [6.07, 6.45) is 0.747. The highest BCUT2D eigenvalue weighted by Crippen LogP contribution is 2.27. The molecule has 1 aromatic carbocycles. The Hall–Kier alpha value is -1.33. The van der Waals surface area contributed by atoms with Crippen molar-refractivity contribution < 1.29 is 14.2 Å². The van der Waals surface area contributed by atoms with Gasteiger partial charge in [-0.05, 0) is 18.1 Å². The predicted octanol–water partition coefficient (Wildman–Crippen LogP) is 0.988. The van der Waals surface area contributed by atoms with E-state index < -0.39 is 5.82 Å². The van der Waals surface area contributed by atoms with E-state index in [2.05, 4.69) is 10.2 Å². The molecule has 1 heterocycles. The SMILES string of the molecule is COc1cc(F)c(O)cc1CCN1CCNCC1. The molecular weight excluding hydrogens is 235 g/mol. The lowest BCUT2D eigenvalue weighted by atomic mass is 10.1. The average molecular weight is 254 g/mol. The fourth-order valence-corrected chi connectivity index (χ4v) is 2.19. The number of rotatable bonds is 4. The molecule has 1 aliphatic rings. The van der Waals surface area contributed by atoms with E-state index in [-0.39, 0.29) is 5.75 Å². The molecule has 0 aromatic heterocycles. The molecule has 0 amide bonds. The Kier molecular flexibility index (Phi) is 4.38. The number of phenolic OH excluding ortho intramolecular Hbond substituents is 1. The van der Waals surface area contributed by atoms with Gasteiger partial charge >= 0.3 is 0 Å². The zero-order valence-electron chi connectivity index (χ0n) is 10.6. The van der Waals surface area contributed by atoms with Gasteiger partial charge in [-0.2, -0.15) is 0 Å². The Bertz CT molecular complexity index is 406. The van der Waals surface area contributed by atoms with Gasteiger partial charge in [-0.3, -0.25) is 0 Å². The molecule has 2 N–H and O–H groups in total. The van der Waals surface area contributed by atoms with E-state index in [0.717, 1.165) is 44.7 Å². The van der Waals surface area contributed by atoms with Crippen LogP contribution in [-0.4, -0.2) is 49.8 Å². The van der Waals surface area contributed by atoms with Crippen molar-refractivity contribution in [2.24, 2.45) is 0 Å². The van der Waals surface area contributed by atoms with Crippen molar-refractivity contribution in [2.75, 3.05) is 39.8 Å². The van der Waals surface area contributed by atoms with Crippen molar-refractivity contribution in [3.63, 3.8) is 0 Å². The molecular formula is C13H19FN2O2. The van der Waals surface area contributed by atoms with Crippen molar-refractivity contribution in [3.8, 4) is 11.5 Å². The minimum absolute atomic E-state index is 0.314. The van der Waals surface area contributed by atoms with Gasteiger partial charge < -0.3 is 20.1 Å². The van der Waals surface area contributed by atoms with Crippen LogP contribution in [0.15, 0.2) is 12.1 Å². The minimum atomic E-state index is -0.641. The zero-order chi connectivity index (χ0) is 13.0. The number of hydrogen-bond acceptors (Lipinski definition) is 4. The molecule has 0 aliphatic carbocycles. The van der Waals surface area contributed by atoms with E-state index in [1.807, 2.05) is 0 Å². The van der Waals surface area contributed by atoms with Gasteiger partial charge in [0.2, 0.25) is 0 Å². The summed E-state index contributed by atoms with van der Waals surface area (Å²) < 4.78 is 18.3. The lowest BCUT2D eigenvalue weighted by Crippen LogP contribution is -2.44. The van der Waals surface area contributed by atoms with Gasteiger partial charge in [0.25, 0.3) is 0 Å². The van der Waals surface area contributed by atoms with Gasteiger partial charge in [0.05, 0.1) is 7.11 Å². The van der Waals surface area contributed by atoms with Crippen LogP contribution in [0.2, 0.25) is 0 Å². The fourth-order valence-electron chi connectivity index (χ4n) is 2.19. The van der Waals surface area contributed by atoms with Crippen LogP contribution in [0.5, 0.6) is 11.5 Å². The van der Waals surface area contributed by atoms with Gasteiger partial charge in [0.15, 0.2) is 11.6 Å². The molecule has 1 aliphatic heterocycles. The first-order valence-corrected chi connectivity index (χ1v) is 6.19. The number of benzene rings is 1. The smallest absolute Gasteiger partial charge is 0.168 e. The van der Waals surface area contributed by atoms with E-state index in [1.165, 1.54) is 19.2 Å². The average Bonchev–Trinajstić information content (AvgIpc) is 2.41. The number of halogens is 1. The van der Waals surface area contributed by atoms with Gasteiger partial charge in [-0.15, -0.1) is 0 Å². The summed E-state index contributed by atoms with van der Waals surface area (Å²) in [7, 11) is 1.51. The van der Waals surface area contributed by atoms with E-state index >= 15 is 0 Å². The van der Waals surface area contributed by atoms with Crippen LogP contribution in [0.4, 0.5) is 4.39 Å². The monoisotopic (exact) mass is 254 g/mol. The number of methoxy groups -OCH3 is 1. The second-order valence-corrected chi connectivity index (χ2v) is 4.46. The number of piperazine rings is 1. The summed E-state index contributed by atoms with van der Waals surface area (Å²) in [5.41, 5.74) is 0.843. The molecule has 0 spiro atoms. The van der Waals surface area contributed by atoms with Crippen molar-refractivity contribution in [1.82, 2.24) is 10.2 Å². The first-order chi connectivity index (χ1) is 8.70. The maximum atomic E-state index is 13.2. The number of aromatic hydroxyl groups is 1. The molecule has 4 nitrogen and oxygen atoms in total. The molecule has 0 radical (unpaired) electrons. The van der Waals surface area contributed by atoms with Crippen molar-refractivity contribution in [1.29, 1.82) is 0 Å². The van der Waals surface area contributed by atoms with E-state index in [9.17, 15) is 9.50 Å². The normalized spacial score (nSPS) is 16.8. The van der Waals surface area contributed by atoms with Crippen molar-refractivity contribution in [2.45, 2.75) is 6.42 Å². The van der Waals surface area contributed by atoms with Crippen LogP contribution in [0.3, 0.4) is 0 Å². The standard InChI is InChI=1S/C13H19FN2O2/c1-18-13-9-11(14)12(17)8-10(13)2-5-16-6-3-15-4-7-16/h8-9,15,17H,2-7H2,1H3. The highest BCUT2D eigenvalue weighted by atomic mass is 19.1. The Balaban J connectivity index is 2.01.